The van der Waals surface area contributed by atoms with Gasteiger partial charge in [0.1, 0.15) is 0 Å². The normalized spacial score (nSPS) is 16.4. The molecule has 3 nitrogen and oxygen atoms in total. The first-order valence-electron chi connectivity index (χ1n) is 4.82. The van der Waals surface area contributed by atoms with Crippen molar-refractivity contribution in [2.45, 2.75) is 38.1 Å². The smallest absolute Gasteiger partial charge is 0.407 e. The van der Waals surface area contributed by atoms with Crippen molar-refractivity contribution < 1.29 is 9.53 Å². The van der Waals surface area contributed by atoms with Gasteiger partial charge in [0.2, 0.25) is 0 Å². The highest BCUT2D eigenvalue weighted by molar-refractivity contribution is 6.17. The molecular weight excluding hydrogens is 190 g/mol. The first kappa shape index (κ1) is 10.6. The lowest BCUT2D eigenvalue weighted by atomic mass is 9.93. The second-order valence-electron chi connectivity index (χ2n) is 3.30. The first-order chi connectivity index (χ1) is 6.33. The van der Waals surface area contributed by atoms with Gasteiger partial charge >= 0.3 is 6.09 Å². The molecule has 1 saturated carbocycles. The van der Waals surface area contributed by atoms with E-state index in [1.165, 1.54) is 6.42 Å². The summed E-state index contributed by atoms with van der Waals surface area (Å²) in [5, 5.41) is 2.80. The summed E-state index contributed by atoms with van der Waals surface area (Å²) in [5.41, 5.74) is 0. The molecule has 0 heterocycles. The lowest BCUT2D eigenvalue weighted by molar-refractivity contribution is 0.135. The van der Waals surface area contributed by atoms with E-state index in [9.17, 15) is 4.79 Å². The molecule has 0 aromatic carbocycles. The zero-order valence-electron chi connectivity index (χ0n) is 7.72. The Morgan fingerprint density at radius 2 is 2.23 bits per heavy atom. The molecule has 1 aliphatic carbocycles. The molecule has 0 unspecified atom stereocenters. The highest BCUT2D eigenvalue weighted by Gasteiger charge is 2.19. The Hall–Kier alpha value is -0.440. The maximum Gasteiger partial charge on any atom is 0.407 e. The molecule has 1 aliphatic rings. The van der Waals surface area contributed by atoms with E-state index in [1.54, 1.807) is 0 Å². The van der Waals surface area contributed by atoms with Gasteiger partial charge in [0.15, 0.2) is 0 Å². The lowest BCUT2D eigenvalue weighted by Crippen LogP contribution is -2.39. The fraction of sp³-hybridized carbons (Fsp3) is 0.889. The summed E-state index contributed by atoms with van der Waals surface area (Å²) >= 11 is 5.48. The largest absolute Gasteiger partial charge is 0.450 e. The highest BCUT2D eigenvalue weighted by Crippen LogP contribution is 2.17. The molecule has 13 heavy (non-hydrogen) atoms. The van der Waals surface area contributed by atoms with E-state index >= 15 is 0 Å². The number of nitrogens with one attached hydrogen (secondary N) is 1. The molecule has 1 fully saturated rings. The Balaban J connectivity index is 1.91. The highest BCUT2D eigenvalue weighted by atomic mass is 35.5. The van der Waals surface area contributed by atoms with Gasteiger partial charge in [0.25, 0.3) is 0 Å². The zero-order chi connectivity index (χ0) is 9.52. The van der Waals surface area contributed by atoms with Crippen molar-refractivity contribution in [3.63, 3.8) is 0 Å². The fourth-order valence-electron chi connectivity index (χ4n) is 1.12. The molecule has 0 aromatic heterocycles. The van der Waals surface area contributed by atoms with Gasteiger partial charge in [0.05, 0.1) is 6.61 Å². The van der Waals surface area contributed by atoms with Crippen LogP contribution in [0.2, 0.25) is 0 Å². The summed E-state index contributed by atoms with van der Waals surface area (Å²) in [5.74, 6) is 0.633. The van der Waals surface area contributed by atoms with E-state index in [0.717, 1.165) is 25.7 Å². The predicted molar refractivity (Wildman–Crippen MR) is 52.1 cm³/mol. The molecule has 0 saturated heterocycles. The van der Waals surface area contributed by atoms with E-state index in [2.05, 4.69) is 5.32 Å². The average molecular weight is 206 g/mol. The third-order valence-corrected chi connectivity index (χ3v) is 2.46. The van der Waals surface area contributed by atoms with Crippen LogP contribution in [0.5, 0.6) is 0 Å². The van der Waals surface area contributed by atoms with Crippen molar-refractivity contribution in [3.05, 3.63) is 0 Å². The minimum Gasteiger partial charge on any atom is -0.450 e. The summed E-state index contributed by atoms with van der Waals surface area (Å²) in [6.07, 6.45) is 4.88. The molecule has 0 aromatic rings. The van der Waals surface area contributed by atoms with Crippen LogP contribution in [0.15, 0.2) is 0 Å². The van der Waals surface area contributed by atoms with Crippen molar-refractivity contribution in [2.24, 2.45) is 0 Å². The van der Waals surface area contributed by atoms with E-state index in [0.29, 0.717) is 18.5 Å². The van der Waals surface area contributed by atoms with Crippen molar-refractivity contribution in [3.8, 4) is 0 Å². The molecule has 0 radical (unpaired) electrons. The number of amides is 1. The van der Waals surface area contributed by atoms with Crippen LogP contribution in [0.3, 0.4) is 0 Å². The van der Waals surface area contributed by atoms with Crippen molar-refractivity contribution in [1.82, 2.24) is 5.32 Å². The second-order valence-corrected chi connectivity index (χ2v) is 3.68. The van der Waals surface area contributed by atoms with E-state index in [-0.39, 0.29) is 6.09 Å². The van der Waals surface area contributed by atoms with Crippen LogP contribution in [0.4, 0.5) is 4.79 Å². The molecule has 0 aliphatic heterocycles. The van der Waals surface area contributed by atoms with E-state index in [4.69, 9.17) is 16.3 Å². The Bertz CT molecular complexity index is 160. The standard InChI is InChI=1S/C9H16ClNO2/c10-6-1-2-7-13-9(12)11-8-4-3-5-8/h8H,1-7H2,(H,11,12). The van der Waals surface area contributed by atoms with Crippen molar-refractivity contribution >= 4 is 17.7 Å². The molecule has 4 heteroatoms. The number of carbonyl (C=O) groups is 1. The van der Waals surface area contributed by atoms with Crippen LogP contribution in [0.25, 0.3) is 0 Å². The number of alkyl halides is 1. The summed E-state index contributed by atoms with van der Waals surface area (Å²) in [7, 11) is 0. The van der Waals surface area contributed by atoms with Crippen LogP contribution in [0.1, 0.15) is 32.1 Å². The molecule has 0 atom stereocenters. The molecule has 1 N–H and O–H groups in total. The predicted octanol–water partition coefficient (Wildman–Crippen LogP) is 2.28. The number of hydrogen-bond donors (Lipinski definition) is 1. The molecule has 0 spiro atoms. The summed E-state index contributed by atoms with van der Waals surface area (Å²) < 4.78 is 4.94. The van der Waals surface area contributed by atoms with Crippen LogP contribution >= 0.6 is 11.6 Å². The minimum absolute atomic E-state index is 0.278. The Morgan fingerprint density at radius 3 is 2.77 bits per heavy atom. The molecule has 76 valence electrons. The van der Waals surface area contributed by atoms with Crippen LogP contribution in [0, 0.1) is 0 Å². The van der Waals surface area contributed by atoms with Gasteiger partial charge in [-0.1, -0.05) is 0 Å². The SMILES string of the molecule is O=C(NC1CCC1)OCCCCCl. The van der Waals surface area contributed by atoms with Gasteiger partial charge in [-0.25, -0.2) is 4.79 Å². The van der Waals surface area contributed by atoms with Crippen molar-refractivity contribution in [2.75, 3.05) is 12.5 Å². The minimum atomic E-state index is -0.278. The fourth-order valence-corrected chi connectivity index (χ4v) is 1.31. The molecule has 0 bridgehead atoms. The number of halogens is 1. The number of unbranched alkanes of at least 4 members (excludes halogenated alkanes) is 1. The summed E-state index contributed by atoms with van der Waals surface area (Å²) in [6, 6.07) is 0.362. The summed E-state index contributed by atoms with van der Waals surface area (Å²) in [6.45, 7) is 0.477. The topological polar surface area (TPSA) is 38.3 Å². The maximum absolute atomic E-state index is 11.0. The number of carbonyl (C=O) groups excluding carboxylic acids is 1. The van der Waals surface area contributed by atoms with E-state index in [1.807, 2.05) is 0 Å². The zero-order valence-corrected chi connectivity index (χ0v) is 8.48. The van der Waals surface area contributed by atoms with Crippen LogP contribution < -0.4 is 5.32 Å². The van der Waals surface area contributed by atoms with Crippen LogP contribution in [-0.4, -0.2) is 24.6 Å². The molecule has 1 amide bonds. The molecule has 1 rings (SSSR count). The quantitative estimate of drug-likeness (QED) is 0.553. The van der Waals surface area contributed by atoms with Crippen molar-refractivity contribution in [1.29, 1.82) is 0 Å². The van der Waals surface area contributed by atoms with E-state index < -0.39 is 0 Å². The third kappa shape index (κ3) is 4.36. The first-order valence-corrected chi connectivity index (χ1v) is 5.35. The average Bonchev–Trinajstić information content (AvgIpc) is 2.06. The van der Waals surface area contributed by atoms with Gasteiger partial charge in [-0.3, -0.25) is 0 Å². The van der Waals surface area contributed by atoms with Gasteiger partial charge in [0, 0.05) is 11.9 Å². The van der Waals surface area contributed by atoms with Gasteiger partial charge in [-0.05, 0) is 32.1 Å². The number of alkyl carbamates (subject to hydrolysis) is 1. The molecular formula is C9H16ClNO2. The van der Waals surface area contributed by atoms with Gasteiger partial charge in [-0.15, -0.1) is 11.6 Å². The maximum atomic E-state index is 11.0. The Labute approximate surface area is 83.8 Å². The monoisotopic (exact) mass is 205 g/mol. The lowest BCUT2D eigenvalue weighted by Gasteiger charge is -2.25. The van der Waals surface area contributed by atoms with Gasteiger partial charge < -0.3 is 10.1 Å². The Kier molecular flexibility index (Phi) is 4.98. The third-order valence-electron chi connectivity index (χ3n) is 2.19. The number of rotatable bonds is 5. The number of hydrogen-bond acceptors (Lipinski definition) is 2. The summed E-state index contributed by atoms with van der Waals surface area (Å²) in [4.78, 5) is 11.0. The van der Waals surface area contributed by atoms with Crippen LogP contribution in [-0.2, 0) is 4.74 Å². The number of ether oxygens (including phenoxy) is 1. The van der Waals surface area contributed by atoms with Gasteiger partial charge in [-0.2, -0.15) is 0 Å². The Morgan fingerprint density at radius 1 is 1.46 bits per heavy atom. The second kappa shape index (κ2) is 6.08.